The van der Waals surface area contributed by atoms with E-state index in [2.05, 4.69) is 15.8 Å². The first-order valence-corrected chi connectivity index (χ1v) is 13.2. The highest BCUT2D eigenvalue weighted by Crippen LogP contribution is 2.33. The number of rotatable bonds is 10. The van der Waals surface area contributed by atoms with Crippen molar-refractivity contribution in [2.45, 2.75) is 31.1 Å². The van der Waals surface area contributed by atoms with E-state index >= 15 is 0 Å². The van der Waals surface area contributed by atoms with Gasteiger partial charge in [0.25, 0.3) is 5.91 Å². The summed E-state index contributed by atoms with van der Waals surface area (Å²) in [6.45, 7) is 2.50. The molecule has 1 aliphatic heterocycles. The zero-order chi connectivity index (χ0) is 27.1. The Hall–Kier alpha value is -4.18. The van der Waals surface area contributed by atoms with E-state index in [0.29, 0.717) is 12.1 Å². The molecule has 0 spiro atoms. The molecule has 1 heterocycles. The molecule has 0 fully saturated rings. The Morgan fingerprint density at radius 1 is 1.08 bits per heavy atom. The number of thioether (sulfide) groups is 1. The van der Waals surface area contributed by atoms with Gasteiger partial charge in [0.05, 0.1) is 11.3 Å². The molecule has 196 valence electrons. The second-order valence-corrected chi connectivity index (χ2v) is 9.79. The number of carbonyl (C=O) groups is 3. The smallest absolute Gasteiger partial charge is 0.339 e. The van der Waals surface area contributed by atoms with Crippen LogP contribution in [0.25, 0.3) is 0 Å². The molecule has 0 aliphatic carbocycles. The first-order chi connectivity index (χ1) is 18.4. The van der Waals surface area contributed by atoms with Gasteiger partial charge in [-0.25, -0.2) is 19.4 Å². The van der Waals surface area contributed by atoms with E-state index in [0.717, 1.165) is 41.2 Å². The Balaban J connectivity index is 1.41. The minimum atomic E-state index is -0.940. The molecule has 10 heteroatoms. The quantitative estimate of drug-likeness (QED) is 0.180. The molecule has 1 aliphatic rings. The second kappa shape index (κ2) is 12.4. The molecule has 3 aromatic carbocycles. The highest BCUT2D eigenvalue weighted by molar-refractivity contribution is 7.99. The lowest BCUT2D eigenvalue weighted by Gasteiger charge is -2.15. The molecule has 4 rings (SSSR count). The molecular weight excluding hydrogens is 507 g/mol. The van der Waals surface area contributed by atoms with Crippen LogP contribution in [0.4, 0.5) is 20.6 Å². The van der Waals surface area contributed by atoms with Gasteiger partial charge in [-0.15, -0.1) is 11.8 Å². The molecule has 0 radical (unpaired) electrons. The van der Waals surface area contributed by atoms with Gasteiger partial charge in [-0.05, 0) is 79.1 Å². The summed E-state index contributed by atoms with van der Waals surface area (Å²) in [7, 11) is 0. The maximum Gasteiger partial charge on any atom is 0.339 e. The van der Waals surface area contributed by atoms with Gasteiger partial charge in [0.1, 0.15) is 5.82 Å². The van der Waals surface area contributed by atoms with Gasteiger partial charge >= 0.3 is 12.0 Å². The predicted octanol–water partition coefficient (Wildman–Crippen LogP) is 5.53. The van der Waals surface area contributed by atoms with E-state index in [1.807, 2.05) is 37.3 Å². The van der Waals surface area contributed by atoms with Crippen molar-refractivity contribution in [3.63, 3.8) is 0 Å². The number of urea groups is 1. The number of benzene rings is 3. The van der Waals surface area contributed by atoms with Crippen LogP contribution in [0.2, 0.25) is 0 Å². The summed E-state index contributed by atoms with van der Waals surface area (Å²) in [5, 5.41) is 15.6. The fraction of sp³-hybridized carbons (Fsp3) is 0.214. The third kappa shape index (κ3) is 6.57. The van der Waals surface area contributed by atoms with Gasteiger partial charge in [-0.2, -0.15) is 5.10 Å². The van der Waals surface area contributed by atoms with Crippen LogP contribution >= 0.6 is 11.8 Å². The SMILES string of the molecule is CCCN1C(=O)/C(=N/NC(=O)Nc2cccc(F)c2)c2cc(SCCCc3ccc(C(=O)O)cc3)ccc21. The minimum absolute atomic E-state index is 0.142. The lowest BCUT2D eigenvalue weighted by Crippen LogP contribution is -2.33. The number of halogens is 1. The first kappa shape index (κ1) is 26.9. The normalized spacial score (nSPS) is 13.5. The van der Waals surface area contributed by atoms with Crippen LogP contribution < -0.4 is 15.6 Å². The molecule has 0 bridgehead atoms. The van der Waals surface area contributed by atoms with E-state index in [9.17, 15) is 18.8 Å². The van der Waals surface area contributed by atoms with E-state index in [1.54, 1.807) is 34.9 Å². The average molecular weight is 535 g/mol. The summed E-state index contributed by atoms with van der Waals surface area (Å²) in [6, 6.07) is 17.4. The Labute approximate surface area is 223 Å². The number of aromatic carboxylic acids is 1. The van der Waals surface area contributed by atoms with Crippen molar-refractivity contribution in [3.8, 4) is 0 Å². The number of fused-ring (bicyclic) bond motifs is 1. The van der Waals surface area contributed by atoms with Gasteiger partial charge in [0.2, 0.25) is 0 Å². The molecule has 0 aromatic heterocycles. The third-order valence-corrected chi connectivity index (χ3v) is 6.92. The summed E-state index contributed by atoms with van der Waals surface area (Å²) in [6.07, 6.45) is 2.46. The number of hydrogen-bond acceptors (Lipinski definition) is 5. The number of aryl methyl sites for hydroxylation is 1. The van der Waals surface area contributed by atoms with E-state index < -0.39 is 17.8 Å². The number of nitrogens with one attached hydrogen (secondary N) is 2. The van der Waals surface area contributed by atoms with Crippen molar-refractivity contribution in [1.29, 1.82) is 0 Å². The molecule has 3 N–H and O–H groups in total. The van der Waals surface area contributed by atoms with Crippen molar-refractivity contribution < 1.29 is 23.9 Å². The van der Waals surface area contributed by atoms with Gasteiger partial charge in [-0.1, -0.05) is 25.1 Å². The maximum absolute atomic E-state index is 13.4. The van der Waals surface area contributed by atoms with Crippen molar-refractivity contribution >= 4 is 46.8 Å². The second-order valence-electron chi connectivity index (χ2n) is 8.63. The van der Waals surface area contributed by atoms with Crippen LogP contribution in [-0.4, -0.2) is 41.0 Å². The van der Waals surface area contributed by atoms with Crippen LogP contribution in [0.15, 0.2) is 76.7 Å². The topological polar surface area (TPSA) is 111 Å². The monoisotopic (exact) mass is 534 g/mol. The predicted molar refractivity (Wildman–Crippen MR) is 147 cm³/mol. The van der Waals surface area contributed by atoms with Crippen molar-refractivity contribution in [3.05, 3.63) is 89.2 Å². The molecule has 3 aromatic rings. The number of anilines is 2. The molecule has 38 heavy (non-hydrogen) atoms. The maximum atomic E-state index is 13.4. The number of carbonyl (C=O) groups excluding carboxylic acids is 2. The lowest BCUT2D eigenvalue weighted by molar-refractivity contribution is -0.112. The van der Waals surface area contributed by atoms with Crippen LogP contribution in [0.5, 0.6) is 0 Å². The summed E-state index contributed by atoms with van der Waals surface area (Å²) in [5.41, 5.74) is 5.49. The standard InChI is InChI=1S/C28H27FN4O4S/c1-2-14-33-24-13-12-22(38-15-4-5-18-8-10-19(11-9-18)27(35)36)17-23(24)25(26(33)34)31-32-28(37)30-21-7-3-6-20(29)16-21/h3,6-13,16-17H,2,4-5,14-15H2,1H3,(H,35,36)(H2,30,32,37)/b31-25+. The van der Waals surface area contributed by atoms with Gasteiger partial charge in [-0.3, -0.25) is 4.79 Å². The van der Waals surface area contributed by atoms with Crippen LogP contribution in [0, 0.1) is 5.82 Å². The van der Waals surface area contributed by atoms with E-state index in [4.69, 9.17) is 5.11 Å². The highest BCUT2D eigenvalue weighted by Gasteiger charge is 2.34. The molecule has 3 amide bonds. The third-order valence-electron chi connectivity index (χ3n) is 5.84. The zero-order valence-electron chi connectivity index (χ0n) is 20.7. The van der Waals surface area contributed by atoms with Crippen molar-refractivity contribution in [2.24, 2.45) is 5.10 Å². The lowest BCUT2D eigenvalue weighted by atomic mass is 10.1. The molecule has 0 saturated carbocycles. The molecular formula is C28H27FN4O4S. The number of hydrazone groups is 1. The van der Waals surface area contributed by atoms with Gasteiger partial charge in [0.15, 0.2) is 5.71 Å². The van der Waals surface area contributed by atoms with E-state index in [1.165, 1.54) is 18.2 Å². The van der Waals surface area contributed by atoms with Crippen LogP contribution in [0.1, 0.15) is 41.3 Å². The van der Waals surface area contributed by atoms with Gasteiger partial charge in [0, 0.05) is 22.7 Å². The molecule has 0 unspecified atom stereocenters. The van der Waals surface area contributed by atoms with Crippen LogP contribution in [-0.2, 0) is 11.2 Å². The highest BCUT2D eigenvalue weighted by atomic mass is 32.2. The molecule has 0 saturated heterocycles. The summed E-state index contributed by atoms with van der Waals surface area (Å²) in [4.78, 5) is 39.0. The fourth-order valence-electron chi connectivity index (χ4n) is 4.05. The average Bonchev–Trinajstić information content (AvgIpc) is 3.15. The first-order valence-electron chi connectivity index (χ1n) is 12.2. The summed E-state index contributed by atoms with van der Waals surface area (Å²) in [5.74, 6) is -0.887. The number of carboxylic acid groups (broad SMARTS) is 1. The zero-order valence-corrected chi connectivity index (χ0v) is 21.6. The van der Waals surface area contributed by atoms with Gasteiger partial charge < -0.3 is 15.3 Å². The largest absolute Gasteiger partial charge is 0.478 e. The number of amides is 3. The Morgan fingerprint density at radius 3 is 2.58 bits per heavy atom. The number of carboxylic acids is 1. The fourth-order valence-corrected chi connectivity index (χ4v) is 4.94. The number of nitrogens with zero attached hydrogens (tertiary/aromatic N) is 2. The summed E-state index contributed by atoms with van der Waals surface area (Å²) >= 11 is 1.64. The Bertz CT molecular complexity index is 1380. The van der Waals surface area contributed by atoms with Crippen LogP contribution in [0.3, 0.4) is 0 Å². The number of hydrogen-bond donors (Lipinski definition) is 3. The Morgan fingerprint density at radius 2 is 1.87 bits per heavy atom. The summed E-state index contributed by atoms with van der Waals surface area (Å²) < 4.78 is 13.4. The van der Waals surface area contributed by atoms with Crippen molar-refractivity contribution in [2.75, 3.05) is 22.5 Å². The van der Waals surface area contributed by atoms with Crippen molar-refractivity contribution in [1.82, 2.24) is 5.43 Å². The van der Waals surface area contributed by atoms with E-state index in [-0.39, 0.29) is 22.9 Å². The Kier molecular flexibility index (Phi) is 8.75. The molecule has 8 nitrogen and oxygen atoms in total. The molecule has 0 atom stereocenters. The minimum Gasteiger partial charge on any atom is -0.478 e.